The van der Waals surface area contributed by atoms with Gasteiger partial charge >= 0.3 is 5.97 Å². The van der Waals surface area contributed by atoms with Crippen LogP contribution in [0.5, 0.6) is 0 Å². The van der Waals surface area contributed by atoms with Crippen molar-refractivity contribution < 1.29 is 9.90 Å². The molecule has 3 rings (SSSR count). The van der Waals surface area contributed by atoms with E-state index in [0.717, 1.165) is 23.6 Å². The van der Waals surface area contributed by atoms with E-state index in [-0.39, 0.29) is 12.5 Å². The van der Waals surface area contributed by atoms with Crippen LogP contribution in [0.15, 0.2) is 30.5 Å². The molecule has 1 fully saturated rings. The molecular formula is C14H15N3O2. The fourth-order valence-electron chi connectivity index (χ4n) is 2.33. The third kappa shape index (κ3) is 2.65. The molecule has 1 aromatic carbocycles. The first-order chi connectivity index (χ1) is 9.24. The van der Waals surface area contributed by atoms with Gasteiger partial charge in [-0.3, -0.25) is 4.79 Å². The summed E-state index contributed by atoms with van der Waals surface area (Å²) in [6.45, 7) is 0. The van der Waals surface area contributed by atoms with E-state index in [4.69, 9.17) is 5.11 Å². The fraction of sp³-hybridized carbons (Fsp3) is 0.357. The smallest absolute Gasteiger partial charge is 0.305 e. The van der Waals surface area contributed by atoms with Crippen molar-refractivity contribution in [1.29, 1.82) is 0 Å². The molecule has 0 spiro atoms. The number of carboxylic acids is 1. The van der Waals surface area contributed by atoms with Crippen LogP contribution in [0.3, 0.4) is 0 Å². The average molecular weight is 257 g/mol. The highest BCUT2D eigenvalue weighted by atomic mass is 16.4. The second kappa shape index (κ2) is 4.84. The first-order valence-electron chi connectivity index (χ1n) is 6.43. The lowest BCUT2D eigenvalue weighted by Gasteiger charge is -2.17. The first kappa shape index (κ1) is 11.9. The number of fused-ring (bicyclic) bond motifs is 1. The molecule has 0 saturated heterocycles. The number of carbonyl (C=O) groups is 1. The summed E-state index contributed by atoms with van der Waals surface area (Å²) in [5.74, 6) is 0.339. The molecule has 0 radical (unpaired) electrons. The molecule has 0 aliphatic heterocycles. The molecule has 0 amide bonds. The largest absolute Gasteiger partial charge is 0.481 e. The molecule has 1 unspecified atom stereocenters. The summed E-state index contributed by atoms with van der Waals surface area (Å²) in [6.07, 6.45) is 4.01. The molecule has 1 saturated carbocycles. The van der Waals surface area contributed by atoms with E-state index in [1.54, 1.807) is 6.20 Å². The summed E-state index contributed by atoms with van der Waals surface area (Å²) in [5, 5.41) is 22.3. The molecular weight excluding hydrogens is 242 g/mol. The van der Waals surface area contributed by atoms with E-state index in [1.165, 1.54) is 0 Å². The number of aromatic nitrogens is 2. The van der Waals surface area contributed by atoms with Crippen LogP contribution in [0.1, 0.15) is 19.3 Å². The van der Waals surface area contributed by atoms with Crippen molar-refractivity contribution in [3.8, 4) is 0 Å². The van der Waals surface area contributed by atoms with Gasteiger partial charge in [0.15, 0.2) is 5.82 Å². The van der Waals surface area contributed by atoms with Gasteiger partial charge < -0.3 is 10.4 Å². The molecule has 1 aromatic heterocycles. The number of nitrogens with one attached hydrogen (secondary N) is 1. The zero-order chi connectivity index (χ0) is 13.2. The van der Waals surface area contributed by atoms with Gasteiger partial charge in [-0.1, -0.05) is 24.3 Å². The molecule has 98 valence electrons. The van der Waals surface area contributed by atoms with E-state index < -0.39 is 5.97 Å². The molecule has 1 heterocycles. The minimum atomic E-state index is -0.780. The molecule has 2 N–H and O–H groups in total. The Morgan fingerprint density at radius 2 is 2.21 bits per heavy atom. The molecule has 1 atom stereocenters. The lowest BCUT2D eigenvalue weighted by molar-refractivity contribution is -0.137. The lowest BCUT2D eigenvalue weighted by atomic mass is 10.1. The van der Waals surface area contributed by atoms with Gasteiger partial charge in [0.05, 0.1) is 12.6 Å². The highest BCUT2D eigenvalue weighted by Gasteiger charge is 2.33. The van der Waals surface area contributed by atoms with Gasteiger partial charge in [0.25, 0.3) is 0 Å². The van der Waals surface area contributed by atoms with Crippen LogP contribution in [0, 0.1) is 5.92 Å². The van der Waals surface area contributed by atoms with Crippen molar-refractivity contribution in [3.05, 3.63) is 30.5 Å². The van der Waals surface area contributed by atoms with Crippen molar-refractivity contribution in [2.75, 3.05) is 5.32 Å². The number of hydrogen-bond donors (Lipinski definition) is 2. The van der Waals surface area contributed by atoms with Crippen LogP contribution in [0.4, 0.5) is 5.82 Å². The number of carboxylic acid groups (broad SMARTS) is 1. The van der Waals surface area contributed by atoms with Crippen molar-refractivity contribution in [3.63, 3.8) is 0 Å². The predicted octanol–water partition coefficient (Wildman–Crippen LogP) is 2.29. The Bertz CT molecular complexity index is 605. The zero-order valence-electron chi connectivity index (χ0n) is 10.4. The molecule has 19 heavy (non-hydrogen) atoms. The third-order valence-corrected chi connectivity index (χ3v) is 3.48. The van der Waals surface area contributed by atoms with Crippen LogP contribution in [-0.4, -0.2) is 27.3 Å². The second-order valence-corrected chi connectivity index (χ2v) is 4.97. The number of aliphatic carboxylic acids is 1. The Kier molecular flexibility index (Phi) is 3.03. The Morgan fingerprint density at radius 3 is 2.95 bits per heavy atom. The quantitative estimate of drug-likeness (QED) is 0.859. The highest BCUT2D eigenvalue weighted by molar-refractivity contribution is 5.91. The SMILES string of the molecule is O=C(O)CC(Nc1nncc2ccccc12)C1CC1. The van der Waals surface area contributed by atoms with Crippen molar-refractivity contribution in [2.45, 2.75) is 25.3 Å². The van der Waals surface area contributed by atoms with Gasteiger partial charge in [-0.2, -0.15) is 5.10 Å². The Labute approximate surface area is 110 Å². The number of hydrogen-bond acceptors (Lipinski definition) is 4. The van der Waals surface area contributed by atoms with Crippen LogP contribution in [0.2, 0.25) is 0 Å². The summed E-state index contributed by atoms with van der Waals surface area (Å²) in [4.78, 5) is 10.9. The molecule has 5 heteroatoms. The third-order valence-electron chi connectivity index (χ3n) is 3.48. The topological polar surface area (TPSA) is 75.1 Å². The van der Waals surface area contributed by atoms with Crippen molar-refractivity contribution >= 4 is 22.6 Å². The number of anilines is 1. The fourth-order valence-corrected chi connectivity index (χ4v) is 2.33. The Balaban J connectivity index is 1.89. The lowest BCUT2D eigenvalue weighted by Crippen LogP contribution is -2.26. The molecule has 5 nitrogen and oxygen atoms in total. The monoisotopic (exact) mass is 257 g/mol. The minimum Gasteiger partial charge on any atom is -0.481 e. The maximum atomic E-state index is 10.9. The van der Waals surface area contributed by atoms with Crippen LogP contribution >= 0.6 is 0 Å². The number of nitrogens with zero attached hydrogens (tertiary/aromatic N) is 2. The van der Waals surface area contributed by atoms with Gasteiger partial charge in [-0.05, 0) is 18.8 Å². The normalized spacial score (nSPS) is 16.2. The van der Waals surface area contributed by atoms with Crippen LogP contribution in [0.25, 0.3) is 10.8 Å². The van der Waals surface area contributed by atoms with Gasteiger partial charge in [0, 0.05) is 16.8 Å². The first-order valence-corrected chi connectivity index (χ1v) is 6.43. The van der Waals surface area contributed by atoms with E-state index in [9.17, 15) is 4.79 Å². The average Bonchev–Trinajstić information content (AvgIpc) is 3.22. The minimum absolute atomic E-state index is 0.0578. The second-order valence-electron chi connectivity index (χ2n) is 4.97. The summed E-state index contributed by atoms with van der Waals surface area (Å²) in [6, 6.07) is 7.77. The van der Waals surface area contributed by atoms with Crippen LogP contribution in [-0.2, 0) is 4.79 Å². The summed E-state index contributed by atoms with van der Waals surface area (Å²) in [7, 11) is 0. The highest BCUT2D eigenvalue weighted by Crippen LogP contribution is 2.36. The van der Waals surface area contributed by atoms with Gasteiger partial charge in [-0.15, -0.1) is 5.10 Å². The van der Waals surface area contributed by atoms with Crippen LogP contribution < -0.4 is 5.32 Å². The summed E-state index contributed by atoms with van der Waals surface area (Å²) in [5.41, 5.74) is 0. The summed E-state index contributed by atoms with van der Waals surface area (Å²) < 4.78 is 0. The maximum Gasteiger partial charge on any atom is 0.305 e. The van der Waals surface area contributed by atoms with Crippen molar-refractivity contribution in [1.82, 2.24) is 10.2 Å². The molecule has 2 aromatic rings. The van der Waals surface area contributed by atoms with Crippen molar-refractivity contribution in [2.24, 2.45) is 5.92 Å². The summed E-state index contributed by atoms with van der Waals surface area (Å²) >= 11 is 0. The molecule has 1 aliphatic carbocycles. The molecule has 1 aliphatic rings. The van der Waals surface area contributed by atoms with Gasteiger partial charge in [-0.25, -0.2) is 0 Å². The Morgan fingerprint density at radius 1 is 1.42 bits per heavy atom. The Hall–Kier alpha value is -2.17. The number of benzene rings is 1. The van der Waals surface area contributed by atoms with E-state index >= 15 is 0 Å². The van der Waals surface area contributed by atoms with E-state index in [1.807, 2.05) is 24.3 Å². The molecule has 0 bridgehead atoms. The van der Waals surface area contributed by atoms with E-state index in [2.05, 4.69) is 15.5 Å². The standard InChI is InChI=1S/C14H15N3O2/c18-13(19)7-12(9-5-6-9)16-14-11-4-2-1-3-10(11)8-15-17-14/h1-4,8-9,12H,5-7H2,(H,16,17)(H,18,19). The predicted molar refractivity (Wildman–Crippen MR) is 71.9 cm³/mol. The van der Waals surface area contributed by atoms with Gasteiger partial charge in [0.1, 0.15) is 0 Å². The maximum absolute atomic E-state index is 10.9. The zero-order valence-corrected chi connectivity index (χ0v) is 10.4. The van der Waals surface area contributed by atoms with Gasteiger partial charge in [0.2, 0.25) is 0 Å². The van der Waals surface area contributed by atoms with E-state index in [0.29, 0.717) is 11.7 Å². The number of rotatable bonds is 5.